The number of ether oxygens (including phenoxy) is 2. The Morgan fingerprint density at radius 1 is 1.19 bits per heavy atom. The van der Waals surface area contributed by atoms with Crippen LogP contribution in [-0.2, 0) is 14.3 Å². The van der Waals surface area contributed by atoms with Crippen molar-refractivity contribution in [3.8, 4) is 0 Å². The molecule has 32 heavy (non-hydrogen) atoms. The minimum absolute atomic E-state index is 0.0867. The number of carbonyl (C=O) groups is 2. The highest BCUT2D eigenvalue weighted by Crippen LogP contribution is 2.45. The number of cyclic esters (lactones) is 1. The van der Waals surface area contributed by atoms with Gasteiger partial charge in [0.1, 0.15) is 12.2 Å². The van der Waals surface area contributed by atoms with Crippen molar-refractivity contribution in [3.05, 3.63) is 59.2 Å². The van der Waals surface area contributed by atoms with E-state index in [-0.39, 0.29) is 42.4 Å². The number of fused-ring (bicyclic) bond motifs is 1. The lowest BCUT2D eigenvalue weighted by Gasteiger charge is -2.43. The third-order valence-electron chi connectivity index (χ3n) is 7.28. The largest absolute Gasteiger partial charge is 0.462 e. The van der Waals surface area contributed by atoms with Crippen molar-refractivity contribution in [2.24, 2.45) is 23.7 Å². The van der Waals surface area contributed by atoms with Gasteiger partial charge in [0.25, 0.3) is 0 Å². The monoisotopic (exact) mass is 438 g/mol. The van der Waals surface area contributed by atoms with Gasteiger partial charge in [0.2, 0.25) is 0 Å². The van der Waals surface area contributed by atoms with Crippen molar-refractivity contribution in [1.82, 2.24) is 0 Å². The molecular formula is C27H34O5. The number of hydrogen-bond acceptors (Lipinski definition) is 5. The molecule has 0 radical (unpaired) electrons. The van der Waals surface area contributed by atoms with Crippen LogP contribution in [0.25, 0.3) is 0 Å². The van der Waals surface area contributed by atoms with E-state index in [1.807, 2.05) is 31.2 Å². The fourth-order valence-corrected chi connectivity index (χ4v) is 5.64. The Morgan fingerprint density at radius 3 is 2.72 bits per heavy atom. The van der Waals surface area contributed by atoms with Crippen molar-refractivity contribution in [1.29, 1.82) is 0 Å². The van der Waals surface area contributed by atoms with Crippen LogP contribution in [0.5, 0.6) is 0 Å². The molecule has 7 atom stereocenters. The highest BCUT2D eigenvalue weighted by atomic mass is 16.5. The third-order valence-corrected chi connectivity index (χ3v) is 7.28. The Kier molecular flexibility index (Phi) is 6.85. The highest BCUT2D eigenvalue weighted by molar-refractivity contribution is 5.91. The first-order valence-corrected chi connectivity index (χ1v) is 11.9. The lowest BCUT2D eigenvalue weighted by atomic mass is 9.65. The van der Waals surface area contributed by atoms with Crippen LogP contribution in [0.4, 0.5) is 0 Å². The van der Waals surface area contributed by atoms with E-state index >= 15 is 0 Å². The minimum Gasteiger partial charge on any atom is -0.462 e. The van der Waals surface area contributed by atoms with E-state index in [4.69, 9.17) is 9.47 Å². The number of aryl methyl sites for hydroxylation is 1. The van der Waals surface area contributed by atoms with E-state index in [0.717, 1.165) is 18.4 Å². The normalized spacial score (nSPS) is 34.3. The quantitative estimate of drug-likeness (QED) is 0.671. The van der Waals surface area contributed by atoms with Crippen molar-refractivity contribution in [3.63, 3.8) is 0 Å². The summed E-state index contributed by atoms with van der Waals surface area (Å²) in [7, 11) is 0. The van der Waals surface area contributed by atoms with Gasteiger partial charge in [0.05, 0.1) is 18.1 Å². The summed E-state index contributed by atoms with van der Waals surface area (Å²) in [4.78, 5) is 24.8. The lowest BCUT2D eigenvalue weighted by Crippen LogP contribution is -2.41. The summed E-state index contributed by atoms with van der Waals surface area (Å²) < 4.78 is 11.6. The molecule has 0 aromatic heterocycles. The average Bonchev–Trinajstić information content (AvgIpc) is 2.72. The van der Waals surface area contributed by atoms with Gasteiger partial charge >= 0.3 is 11.9 Å². The van der Waals surface area contributed by atoms with Crippen molar-refractivity contribution < 1.29 is 24.2 Å². The molecule has 4 rings (SSSR count). The summed E-state index contributed by atoms with van der Waals surface area (Å²) >= 11 is 0. The molecule has 5 heteroatoms. The van der Waals surface area contributed by atoms with Crippen LogP contribution in [-0.4, -0.2) is 35.4 Å². The van der Waals surface area contributed by atoms with Crippen LogP contribution in [0.2, 0.25) is 0 Å². The van der Waals surface area contributed by atoms with E-state index in [1.165, 1.54) is 5.57 Å². The number of hydrogen-bond donors (Lipinski definition) is 1. The van der Waals surface area contributed by atoms with Gasteiger partial charge in [-0.05, 0) is 61.1 Å². The standard InChI is InChI=1S/C27H34O5/c1-16-12-19-9-8-18(3)22(11-10-21-14-20(28)15-25(29)31-21)26(19)24(13-16)32-27(30)23-7-5-4-6-17(23)2/h4-9,12,16,18,20-22,24,26,28H,10-11,13-15H2,1-3H3/t16-,18-,20+,21+,22-,24-,26-/m0/s1. The van der Waals surface area contributed by atoms with Gasteiger partial charge in [-0.15, -0.1) is 0 Å². The van der Waals surface area contributed by atoms with E-state index in [1.54, 1.807) is 0 Å². The molecule has 2 aliphatic carbocycles. The average molecular weight is 439 g/mol. The molecule has 1 fully saturated rings. The maximum Gasteiger partial charge on any atom is 0.338 e. The van der Waals surface area contributed by atoms with Gasteiger partial charge < -0.3 is 14.6 Å². The molecular weight excluding hydrogens is 404 g/mol. The number of aliphatic hydroxyl groups is 1. The fourth-order valence-electron chi connectivity index (χ4n) is 5.64. The molecule has 5 nitrogen and oxygen atoms in total. The molecule has 0 saturated carbocycles. The predicted molar refractivity (Wildman–Crippen MR) is 122 cm³/mol. The van der Waals surface area contributed by atoms with E-state index < -0.39 is 6.10 Å². The zero-order valence-electron chi connectivity index (χ0n) is 19.2. The van der Waals surface area contributed by atoms with Gasteiger partial charge in [-0.1, -0.05) is 50.3 Å². The van der Waals surface area contributed by atoms with E-state index in [0.29, 0.717) is 30.2 Å². The maximum atomic E-state index is 13.0. The first-order valence-electron chi connectivity index (χ1n) is 11.9. The number of esters is 2. The summed E-state index contributed by atoms with van der Waals surface area (Å²) in [6.45, 7) is 6.30. The maximum absolute atomic E-state index is 13.0. The molecule has 1 aromatic carbocycles. The summed E-state index contributed by atoms with van der Waals surface area (Å²) in [6.07, 6.45) is 8.66. The molecule has 172 valence electrons. The van der Waals surface area contributed by atoms with Crippen LogP contribution in [0.1, 0.15) is 61.9 Å². The molecule has 0 bridgehead atoms. The Morgan fingerprint density at radius 2 is 1.97 bits per heavy atom. The molecule has 1 N–H and O–H groups in total. The molecule has 1 aliphatic heterocycles. The second-order valence-corrected chi connectivity index (χ2v) is 9.83. The van der Waals surface area contributed by atoms with Crippen molar-refractivity contribution in [2.75, 3.05) is 0 Å². The SMILES string of the molecule is Cc1ccccc1C(=O)O[C@H]1C[C@@H](C)C=C2C=C[C@H](C)[C@H](CC[C@@H]3C[C@@H](O)CC(=O)O3)[C@H]21. The summed E-state index contributed by atoms with van der Waals surface area (Å²) in [5, 5.41) is 9.95. The number of aliphatic hydroxyl groups excluding tert-OH is 1. The predicted octanol–water partition coefficient (Wildman–Crippen LogP) is 4.77. The van der Waals surface area contributed by atoms with Gasteiger partial charge in [-0.3, -0.25) is 4.79 Å². The van der Waals surface area contributed by atoms with Crippen molar-refractivity contribution in [2.45, 2.75) is 71.2 Å². The Hall–Kier alpha value is -2.40. The van der Waals surface area contributed by atoms with Crippen LogP contribution in [0.15, 0.2) is 48.1 Å². The zero-order chi connectivity index (χ0) is 22.8. The van der Waals surface area contributed by atoms with Gasteiger partial charge in [-0.2, -0.15) is 0 Å². The molecule has 3 aliphatic rings. The summed E-state index contributed by atoms with van der Waals surface area (Å²) in [6, 6.07) is 7.55. The van der Waals surface area contributed by atoms with Crippen LogP contribution in [0, 0.1) is 30.6 Å². The minimum atomic E-state index is -0.612. The topological polar surface area (TPSA) is 72.8 Å². The summed E-state index contributed by atoms with van der Waals surface area (Å²) in [5.74, 6) is 0.502. The van der Waals surface area contributed by atoms with Gasteiger partial charge in [0, 0.05) is 12.3 Å². The molecule has 1 saturated heterocycles. The first kappa shape index (κ1) is 22.8. The third kappa shape index (κ3) is 4.98. The van der Waals surface area contributed by atoms with Gasteiger partial charge in [0.15, 0.2) is 0 Å². The van der Waals surface area contributed by atoms with Gasteiger partial charge in [-0.25, -0.2) is 4.79 Å². The molecule has 0 spiro atoms. The Labute approximate surface area is 190 Å². The highest BCUT2D eigenvalue weighted by Gasteiger charge is 2.42. The zero-order valence-corrected chi connectivity index (χ0v) is 19.2. The molecule has 0 amide bonds. The number of rotatable bonds is 5. The van der Waals surface area contributed by atoms with Crippen molar-refractivity contribution >= 4 is 11.9 Å². The number of allylic oxidation sites excluding steroid dienone is 3. The number of benzene rings is 1. The summed E-state index contributed by atoms with van der Waals surface area (Å²) in [5.41, 5.74) is 2.79. The number of carbonyl (C=O) groups excluding carboxylic acids is 2. The van der Waals surface area contributed by atoms with E-state index in [2.05, 4.69) is 32.1 Å². The fraction of sp³-hybridized carbons (Fsp3) is 0.556. The first-order chi connectivity index (χ1) is 15.3. The van der Waals surface area contributed by atoms with E-state index in [9.17, 15) is 14.7 Å². The lowest BCUT2D eigenvalue weighted by molar-refractivity contribution is -0.160. The second-order valence-electron chi connectivity index (χ2n) is 9.83. The Bertz CT molecular complexity index is 916. The molecule has 0 unspecified atom stereocenters. The Balaban J connectivity index is 1.52. The van der Waals surface area contributed by atoms with Crippen LogP contribution >= 0.6 is 0 Å². The smallest absolute Gasteiger partial charge is 0.338 e. The molecule has 1 heterocycles. The molecule has 1 aromatic rings. The van der Waals surface area contributed by atoms with Crippen LogP contribution < -0.4 is 0 Å². The second kappa shape index (κ2) is 9.62. The van der Waals surface area contributed by atoms with Crippen LogP contribution in [0.3, 0.4) is 0 Å².